The Bertz CT molecular complexity index is 1100. The van der Waals surface area contributed by atoms with Crippen molar-refractivity contribution in [2.75, 3.05) is 5.32 Å². The van der Waals surface area contributed by atoms with Gasteiger partial charge in [0.25, 0.3) is 5.56 Å². The quantitative estimate of drug-likeness (QED) is 0.531. The average molecular weight is 363 g/mol. The van der Waals surface area contributed by atoms with Crippen molar-refractivity contribution in [3.05, 3.63) is 71.5 Å². The fourth-order valence-corrected chi connectivity index (χ4v) is 2.39. The Balaban J connectivity index is 1.46. The van der Waals surface area contributed by atoms with Gasteiger partial charge in [-0.25, -0.2) is 14.0 Å². The van der Waals surface area contributed by atoms with E-state index in [0.717, 1.165) is 10.4 Å². The maximum absolute atomic E-state index is 12.3. The summed E-state index contributed by atoms with van der Waals surface area (Å²) in [6.07, 6.45) is 4.77. The van der Waals surface area contributed by atoms with Crippen LogP contribution in [0.2, 0.25) is 0 Å². The minimum Gasteiger partial charge on any atom is -0.324 e. The number of hydrogen-bond donors (Lipinski definition) is 1. The van der Waals surface area contributed by atoms with Gasteiger partial charge in [-0.3, -0.25) is 9.59 Å². The highest BCUT2D eigenvalue weighted by atomic mass is 16.2. The van der Waals surface area contributed by atoms with E-state index in [2.05, 4.69) is 31.0 Å². The first-order valence-electron chi connectivity index (χ1n) is 7.90. The van der Waals surface area contributed by atoms with Crippen molar-refractivity contribution in [1.29, 1.82) is 0 Å². The molecule has 0 fully saturated rings. The average Bonchev–Trinajstić information content (AvgIpc) is 3.38. The number of aromatic nitrogens is 8. The number of nitrogens with zero attached hydrogens (tertiary/aromatic N) is 8. The first-order chi connectivity index (χ1) is 13.2. The van der Waals surface area contributed by atoms with E-state index in [4.69, 9.17) is 0 Å². The van der Waals surface area contributed by atoms with Crippen LogP contribution in [0.4, 0.5) is 5.69 Å². The van der Waals surface area contributed by atoms with Crippen molar-refractivity contribution in [1.82, 2.24) is 39.8 Å². The number of hydrogen-bond acceptors (Lipinski definition) is 7. The van der Waals surface area contributed by atoms with E-state index in [1.54, 1.807) is 48.8 Å². The second-order valence-corrected chi connectivity index (χ2v) is 5.49. The van der Waals surface area contributed by atoms with Gasteiger partial charge in [0.15, 0.2) is 5.82 Å². The first-order valence-corrected chi connectivity index (χ1v) is 7.90. The molecule has 0 atom stereocenters. The molecule has 0 saturated heterocycles. The van der Waals surface area contributed by atoms with E-state index in [9.17, 15) is 9.59 Å². The number of nitrogens with one attached hydrogen (secondary N) is 1. The molecular formula is C16H13N9O2. The SMILES string of the molecule is O=C(Cn1nc(-n2cccn2)ccc1=O)Nc1ccc(-n2cnnn2)cc1. The van der Waals surface area contributed by atoms with Gasteiger partial charge in [0, 0.05) is 24.1 Å². The Hall–Kier alpha value is -4.15. The molecule has 27 heavy (non-hydrogen) atoms. The number of carbonyl (C=O) groups excluding carboxylic acids is 1. The van der Waals surface area contributed by atoms with Gasteiger partial charge in [-0.2, -0.15) is 5.10 Å². The normalized spacial score (nSPS) is 10.7. The van der Waals surface area contributed by atoms with Crippen molar-refractivity contribution < 1.29 is 4.79 Å². The summed E-state index contributed by atoms with van der Waals surface area (Å²) in [5.41, 5.74) is 0.950. The van der Waals surface area contributed by atoms with E-state index >= 15 is 0 Å². The summed E-state index contributed by atoms with van der Waals surface area (Å²) in [4.78, 5) is 24.2. The number of carbonyl (C=O) groups is 1. The summed E-state index contributed by atoms with van der Waals surface area (Å²) in [5.74, 6) is 0.0654. The van der Waals surface area contributed by atoms with Gasteiger partial charge < -0.3 is 5.32 Å². The third-order valence-electron chi connectivity index (χ3n) is 3.65. The van der Waals surface area contributed by atoms with E-state index in [1.807, 2.05) is 0 Å². The molecule has 11 heteroatoms. The lowest BCUT2D eigenvalue weighted by Gasteiger charge is -2.08. The van der Waals surface area contributed by atoms with Crippen LogP contribution >= 0.6 is 0 Å². The van der Waals surface area contributed by atoms with Crippen LogP contribution in [0.15, 0.2) is 66.0 Å². The third-order valence-corrected chi connectivity index (χ3v) is 3.65. The molecule has 0 unspecified atom stereocenters. The largest absolute Gasteiger partial charge is 0.324 e. The molecule has 0 aliphatic rings. The second-order valence-electron chi connectivity index (χ2n) is 5.49. The molecule has 0 aliphatic heterocycles. The Labute approximate surface area is 151 Å². The monoisotopic (exact) mass is 363 g/mol. The Kier molecular flexibility index (Phi) is 4.23. The van der Waals surface area contributed by atoms with Gasteiger partial charge in [-0.05, 0) is 46.8 Å². The van der Waals surface area contributed by atoms with Crippen molar-refractivity contribution in [3.8, 4) is 11.5 Å². The number of benzene rings is 1. The summed E-state index contributed by atoms with van der Waals surface area (Å²) >= 11 is 0. The molecule has 0 aliphatic carbocycles. The van der Waals surface area contributed by atoms with Crippen LogP contribution < -0.4 is 10.9 Å². The van der Waals surface area contributed by atoms with E-state index < -0.39 is 0 Å². The molecule has 1 amide bonds. The topological polar surface area (TPSA) is 125 Å². The van der Waals surface area contributed by atoms with Crippen LogP contribution in [0, 0.1) is 0 Å². The molecule has 11 nitrogen and oxygen atoms in total. The molecule has 3 aromatic heterocycles. The Morgan fingerprint density at radius 3 is 2.63 bits per heavy atom. The fraction of sp³-hybridized carbons (Fsp3) is 0.0625. The Morgan fingerprint density at radius 1 is 1.07 bits per heavy atom. The van der Waals surface area contributed by atoms with Crippen molar-refractivity contribution in [2.45, 2.75) is 6.54 Å². The standard InChI is InChI=1S/C16H13N9O2/c26-15(19-12-2-4-13(5-3-12)25-11-17-21-22-25)10-24-16(27)7-6-14(20-24)23-9-1-8-18-23/h1-9,11H,10H2,(H,19,26). The zero-order chi connectivity index (χ0) is 18.6. The molecule has 3 heterocycles. The van der Waals surface area contributed by atoms with E-state index in [0.29, 0.717) is 11.5 Å². The number of anilines is 1. The van der Waals surface area contributed by atoms with Crippen LogP contribution in [0.25, 0.3) is 11.5 Å². The summed E-state index contributed by atoms with van der Waals surface area (Å²) in [5, 5.41) is 21.9. The lowest BCUT2D eigenvalue weighted by atomic mass is 10.3. The predicted octanol–water partition coefficient (Wildman–Crippen LogP) is 0.0434. The van der Waals surface area contributed by atoms with Crippen molar-refractivity contribution in [2.24, 2.45) is 0 Å². The van der Waals surface area contributed by atoms with Crippen molar-refractivity contribution in [3.63, 3.8) is 0 Å². The summed E-state index contributed by atoms with van der Waals surface area (Å²) < 4.78 is 4.09. The number of rotatable bonds is 5. The first kappa shape index (κ1) is 16.3. The van der Waals surface area contributed by atoms with Gasteiger partial charge in [-0.15, -0.1) is 10.2 Å². The van der Waals surface area contributed by atoms with Gasteiger partial charge in [0.1, 0.15) is 12.9 Å². The summed E-state index contributed by atoms with van der Waals surface area (Å²) in [6.45, 7) is -0.220. The third kappa shape index (κ3) is 3.61. The van der Waals surface area contributed by atoms with Crippen LogP contribution in [-0.2, 0) is 11.3 Å². The van der Waals surface area contributed by atoms with Crippen LogP contribution in [0.1, 0.15) is 0 Å². The lowest BCUT2D eigenvalue weighted by molar-refractivity contribution is -0.117. The van der Waals surface area contributed by atoms with Gasteiger partial charge in [-0.1, -0.05) is 0 Å². The molecule has 134 valence electrons. The minimum atomic E-state index is -0.380. The fourth-order valence-electron chi connectivity index (χ4n) is 2.39. The molecular weight excluding hydrogens is 350 g/mol. The molecule has 0 radical (unpaired) electrons. The highest BCUT2D eigenvalue weighted by molar-refractivity contribution is 5.90. The molecule has 4 aromatic rings. The van der Waals surface area contributed by atoms with Crippen LogP contribution in [-0.4, -0.2) is 45.7 Å². The van der Waals surface area contributed by atoms with Gasteiger partial charge in [0.05, 0.1) is 5.69 Å². The highest BCUT2D eigenvalue weighted by Gasteiger charge is 2.09. The molecule has 0 saturated carbocycles. The molecule has 1 aromatic carbocycles. The number of amides is 1. The number of tetrazole rings is 1. The van der Waals surface area contributed by atoms with Crippen molar-refractivity contribution >= 4 is 11.6 Å². The summed E-state index contributed by atoms with van der Waals surface area (Å²) in [6, 6.07) is 11.6. The minimum absolute atomic E-state index is 0.220. The summed E-state index contributed by atoms with van der Waals surface area (Å²) in [7, 11) is 0. The van der Waals surface area contributed by atoms with Crippen LogP contribution in [0.3, 0.4) is 0 Å². The smallest absolute Gasteiger partial charge is 0.267 e. The molecule has 1 N–H and O–H groups in total. The van der Waals surface area contributed by atoms with Gasteiger partial charge >= 0.3 is 0 Å². The highest BCUT2D eigenvalue weighted by Crippen LogP contribution is 2.12. The zero-order valence-corrected chi connectivity index (χ0v) is 13.9. The maximum atomic E-state index is 12.3. The maximum Gasteiger partial charge on any atom is 0.267 e. The zero-order valence-electron chi connectivity index (χ0n) is 13.9. The van der Waals surface area contributed by atoms with E-state index in [-0.39, 0.29) is 18.0 Å². The Morgan fingerprint density at radius 2 is 1.93 bits per heavy atom. The van der Waals surface area contributed by atoms with Gasteiger partial charge in [0.2, 0.25) is 5.91 Å². The lowest BCUT2D eigenvalue weighted by Crippen LogP contribution is -2.30. The molecule has 0 bridgehead atoms. The second kappa shape index (κ2) is 7.00. The van der Waals surface area contributed by atoms with E-state index in [1.165, 1.54) is 21.8 Å². The molecule has 4 rings (SSSR count). The van der Waals surface area contributed by atoms with Crippen LogP contribution in [0.5, 0.6) is 0 Å². The predicted molar refractivity (Wildman–Crippen MR) is 93.4 cm³/mol. The molecule has 0 spiro atoms.